The summed E-state index contributed by atoms with van der Waals surface area (Å²) in [6.45, 7) is 1.83. The molecule has 0 aliphatic rings. The van der Waals surface area contributed by atoms with E-state index in [1.165, 1.54) is 10.6 Å². The SMILES string of the molecule is Cc1ccc2[nH]c(=S)n(-c3cc(Br)c(F)cc3F)c2n1. The van der Waals surface area contributed by atoms with E-state index in [2.05, 4.69) is 25.9 Å². The van der Waals surface area contributed by atoms with Gasteiger partial charge in [0, 0.05) is 11.8 Å². The lowest BCUT2D eigenvalue weighted by Crippen LogP contribution is -2.01. The van der Waals surface area contributed by atoms with E-state index in [4.69, 9.17) is 12.2 Å². The van der Waals surface area contributed by atoms with Crippen molar-refractivity contribution in [2.75, 3.05) is 0 Å². The smallest absolute Gasteiger partial charge is 0.184 e. The van der Waals surface area contributed by atoms with Gasteiger partial charge in [-0.1, -0.05) is 0 Å². The number of hydrogen-bond acceptors (Lipinski definition) is 2. The number of benzene rings is 1. The van der Waals surface area contributed by atoms with Crippen LogP contribution in [0.25, 0.3) is 16.9 Å². The normalized spacial score (nSPS) is 11.2. The Kier molecular flexibility index (Phi) is 3.18. The van der Waals surface area contributed by atoms with Crippen molar-refractivity contribution >= 4 is 39.3 Å². The average molecular weight is 356 g/mol. The van der Waals surface area contributed by atoms with Crippen molar-refractivity contribution in [2.24, 2.45) is 0 Å². The fourth-order valence-corrected chi connectivity index (χ4v) is 2.61. The van der Waals surface area contributed by atoms with E-state index in [-0.39, 0.29) is 10.2 Å². The van der Waals surface area contributed by atoms with Crippen LogP contribution in [0.4, 0.5) is 8.78 Å². The van der Waals surface area contributed by atoms with Crippen LogP contribution >= 0.6 is 28.1 Å². The largest absolute Gasteiger partial charge is 0.329 e. The average Bonchev–Trinajstić information content (AvgIpc) is 2.69. The number of halogens is 3. The third-order valence-corrected chi connectivity index (χ3v) is 3.79. The van der Waals surface area contributed by atoms with Gasteiger partial charge in [-0.05, 0) is 53.3 Å². The minimum atomic E-state index is -0.703. The van der Waals surface area contributed by atoms with E-state index < -0.39 is 11.6 Å². The monoisotopic (exact) mass is 355 g/mol. The molecule has 20 heavy (non-hydrogen) atoms. The van der Waals surface area contributed by atoms with Crippen molar-refractivity contribution < 1.29 is 8.78 Å². The van der Waals surface area contributed by atoms with E-state index in [1.807, 2.05) is 19.1 Å². The first-order valence-corrected chi connectivity index (χ1v) is 6.91. The molecule has 0 radical (unpaired) electrons. The molecule has 3 aromatic rings. The van der Waals surface area contributed by atoms with Gasteiger partial charge < -0.3 is 4.98 Å². The fraction of sp³-hybridized carbons (Fsp3) is 0.0769. The van der Waals surface area contributed by atoms with Crippen molar-refractivity contribution in [1.29, 1.82) is 0 Å². The number of nitrogens with zero attached hydrogens (tertiary/aromatic N) is 2. The summed E-state index contributed by atoms with van der Waals surface area (Å²) in [5.41, 5.74) is 2.13. The van der Waals surface area contributed by atoms with Crippen LogP contribution in [0.5, 0.6) is 0 Å². The van der Waals surface area contributed by atoms with Crippen LogP contribution in [-0.2, 0) is 0 Å². The second kappa shape index (κ2) is 4.75. The van der Waals surface area contributed by atoms with E-state index in [0.717, 1.165) is 11.8 Å². The van der Waals surface area contributed by atoms with Gasteiger partial charge in [-0.2, -0.15) is 0 Å². The molecular weight excluding hydrogens is 348 g/mol. The number of H-pyrrole nitrogens is 1. The first kappa shape index (κ1) is 13.4. The van der Waals surface area contributed by atoms with Crippen molar-refractivity contribution in [3.05, 3.63) is 50.8 Å². The van der Waals surface area contributed by atoms with E-state index >= 15 is 0 Å². The molecule has 0 atom stereocenters. The Morgan fingerprint density at radius 2 is 2.00 bits per heavy atom. The Hall–Kier alpha value is -1.60. The second-order valence-corrected chi connectivity index (χ2v) is 5.55. The molecule has 0 unspecified atom stereocenters. The highest BCUT2D eigenvalue weighted by Crippen LogP contribution is 2.26. The van der Waals surface area contributed by atoms with Crippen LogP contribution in [0.15, 0.2) is 28.7 Å². The van der Waals surface area contributed by atoms with Gasteiger partial charge in [0.05, 0.1) is 15.7 Å². The number of aryl methyl sites for hydroxylation is 1. The molecular formula is C13H8BrF2N3S. The molecule has 0 fully saturated rings. The predicted octanol–water partition coefficient (Wildman–Crippen LogP) is 4.43. The zero-order chi connectivity index (χ0) is 14.4. The first-order valence-electron chi connectivity index (χ1n) is 5.70. The van der Waals surface area contributed by atoms with Gasteiger partial charge in [-0.15, -0.1) is 0 Å². The standard InChI is InChI=1S/C13H8BrF2N3S/c1-6-2-3-10-12(17-6)19(13(20)18-10)11-4-7(14)8(15)5-9(11)16/h2-5H,1H3,(H,18,20). The van der Waals surface area contributed by atoms with Crippen LogP contribution in [-0.4, -0.2) is 14.5 Å². The number of fused-ring (bicyclic) bond motifs is 1. The Morgan fingerprint density at radius 3 is 2.75 bits per heavy atom. The number of pyridine rings is 1. The Morgan fingerprint density at radius 1 is 1.25 bits per heavy atom. The van der Waals surface area contributed by atoms with Crippen LogP contribution in [0, 0.1) is 23.3 Å². The van der Waals surface area contributed by atoms with Gasteiger partial charge in [0.1, 0.15) is 11.6 Å². The van der Waals surface area contributed by atoms with Crippen LogP contribution in [0.1, 0.15) is 5.69 Å². The van der Waals surface area contributed by atoms with Crippen molar-refractivity contribution in [3.63, 3.8) is 0 Å². The second-order valence-electron chi connectivity index (χ2n) is 4.31. The van der Waals surface area contributed by atoms with Crippen LogP contribution in [0.3, 0.4) is 0 Å². The Labute approximate surface area is 126 Å². The number of rotatable bonds is 1. The molecule has 0 saturated carbocycles. The number of nitrogens with one attached hydrogen (secondary N) is 1. The molecule has 0 saturated heterocycles. The van der Waals surface area contributed by atoms with Gasteiger partial charge in [0.15, 0.2) is 10.4 Å². The summed E-state index contributed by atoms with van der Waals surface area (Å²) >= 11 is 8.25. The van der Waals surface area contributed by atoms with E-state index in [0.29, 0.717) is 15.9 Å². The third-order valence-electron chi connectivity index (χ3n) is 2.90. The number of aromatic nitrogens is 3. The zero-order valence-electron chi connectivity index (χ0n) is 10.2. The fourth-order valence-electron chi connectivity index (χ4n) is 1.99. The van der Waals surface area contributed by atoms with Crippen LogP contribution in [0.2, 0.25) is 0 Å². The molecule has 0 bridgehead atoms. The van der Waals surface area contributed by atoms with Crippen LogP contribution < -0.4 is 0 Å². The summed E-state index contributed by atoms with van der Waals surface area (Å²) in [6, 6.07) is 5.81. The molecule has 1 aromatic carbocycles. The van der Waals surface area contributed by atoms with Gasteiger partial charge in [0.25, 0.3) is 0 Å². The van der Waals surface area contributed by atoms with Gasteiger partial charge in [0.2, 0.25) is 0 Å². The predicted molar refractivity (Wildman–Crippen MR) is 78.6 cm³/mol. The molecule has 0 aliphatic heterocycles. The topological polar surface area (TPSA) is 33.6 Å². The molecule has 3 nitrogen and oxygen atoms in total. The summed E-state index contributed by atoms with van der Waals surface area (Å²) in [4.78, 5) is 7.31. The molecule has 2 aromatic heterocycles. The maximum Gasteiger partial charge on any atom is 0.184 e. The molecule has 3 rings (SSSR count). The quantitative estimate of drug-likeness (QED) is 0.517. The highest BCUT2D eigenvalue weighted by atomic mass is 79.9. The minimum absolute atomic E-state index is 0.146. The maximum atomic E-state index is 14.0. The Balaban J connectivity index is 2.40. The molecule has 0 amide bonds. The summed E-state index contributed by atoms with van der Waals surface area (Å²) in [6.07, 6.45) is 0. The number of imidazole rings is 1. The zero-order valence-corrected chi connectivity index (χ0v) is 12.6. The van der Waals surface area contributed by atoms with Gasteiger partial charge >= 0.3 is 0 Å². The molecule has 102 valence electrons. The number of hydrogen-bond donors (Lipinski definition) is 1. The Bertz CT molecular complexity index is 885. The third kappa shape index (κ3) is 2.06. The molecule has 0 aliphatic carbocycles. The van der Waals surface area contributed by atoms with Gasteiger partial charge in [-0.25, -0.2) is 13.8 Å². The molecule has 2 heterocycles. The van der Waals surface area contributed by atoms with E-state index in [9.17, 15) is 8.78 Å². The highest BCUT2D eigenvalue weighted by Gasteiger charge is 2.14. The lowest BCUT2D eigenvalue weighted by molar-refractivity contribution is 0.574. The molecule has 0 spiro atoms. The summed E-state index contributed by atoms with van der Waals surface area (Å²) < 4.78 is 29.3. The molecule has 7 heteroatoms. The lowest BCUT2D eigenvalue weighted by atomic mass is 10.3. The summed E-state index contributed by atoms with van der Waals surface area (Å²) in [5.74, 6) is -1.37. The highest BCUT2D eigenvalue weighted by molar-refractivity contribution is 9.10. The van der Waals surface area contributed by atoms with Crippen molar-refractivity contribution in [3.8, 4) is 5.69 Å². The molecule has 1 N–H and O–H groups in total. The minimum Gasteiger partial charge on any atom is -0.329 e. The first-order chi connectivity index (χ1) is 9.47. The maximum absolute atomic E-state index is 14.0. The van der Waals surface area contributed by atoms with Crippen molar-refractivity contribution in [1.82, 2.24) is 14.5 Å². The lowest BCUT2D eigenvalue weighted by Gasteiger charge is -2.07. The summed E-state index contributed by atoms with van der Waals surface area (Å²) in [7, 11) is 0. The van der Waals surface area contributed by atoms with E-state index in [1.54, 1.807) is 0 Å². The van der Waals surface area contributed by atoms with Gasteiger partial charge in [-0.3, -0.25) is 4.57 Å². The number of aromatic amines is 1. The van der Waals surface area contributed by atoms with Crippen molar-refractivity contribution in [2.45, 2.75) is 6.92 Å². The summed E-state index contributed by atoms with van der Waals surface area (Å²) in [5, 5.41) is 0.